The second kappa shape index (κ2) is 7.98. The van der Waals surface area contributed by atoms with Crippen molar-refractivity contribution in [1.82, 2.24) is 9.47 Å². The first-order chi connectivity index (χ1) is 13.1. The van der Waals surface area contributed by atoms with Gasteiger partial charge in [0, 0.05) is 36.2 Å². The van der Waals surface area contributed by atoms with Crippen molar-refractivity contribution >= 4 is 5.91 Å². The van der Waals surface area contributed by atoms with Gasteiger partial charge in [0.1, 0.15) is 0 Å². The highest BCUT2D eigenvalue weighted by Gasteiger charge is 2.36. The molecule has 3 aliphatic heterocycles. The summed E-state index contributed by atoms with van der Waals surface area (Å²) in [6, 6.07) is 5.68. The maximum Gasteiger partial charge on any atom is 0.250 e. The first-order valence-corrected chi connectivity index (χ1v) is 10.5. The number of piperazine rings is 1. The van der Waals surface area contributed by atoms with Crippen molar-refractivity contribution in [2.45, 2.75) is 25.8 Å². The maximum atomic E-state index is 12.4. The molecule has 1 unspecified atom stereocenters. The zero-order valence-electron chi connectivity index (χ0n) is 16.3. The van der Waals surface area contributed by atoms with Crippen molar-refractivity contribution in [3.63, 3.8) is 0 Å². The van der Waals surface area contributed by atoms with Crippen LogP contribution in [0, 0.1) is 5.92 Å². The number of pyridine rings is 1. The number of likely N-dealkylation sites (N-methyl/N-ethyl adjacent to an activating group) is 1. The van der Waals surface area contributed by atoms with Gasteiger partial charge in [0.15, 0.2) is 0 Å². The quantitative estimate of drug-likeness (QED) is 0.610. The van der Waals surface area contributed by atoms with Crippen LogP contribution in [0.5, 0.6) is 0 Å². The highest BCUT2D eigenvalue weighted by molar-refractivity contribution is 5.87. The Labute approximate surface area is 161 Å². The van der Waals surface area contributed by atoms with Crippen LogP contribution in [-0.2, 0) is 11.3 Å². The van der Waals surface area contributed by atoms with E-state index in [2.05, 4.69) is 19.1 Å². The Hall–Kier alpha value is -1.92. The summed E-state index contributed by atoms with van der Waals surface area (Å²) in [6.07, 6.45) is 5.04. The third kappa shape index (κ3) is 4.01. The highest BCUT2D eigenvalue weighted by atomic mass is 16.2. The predicted molar refractivity (Wildman–Crippen MR) is 104 cm³/mol. The first-order valence-electron chi connectivity index (χ1n) is 10.5. The van der Waals surface area contributed by atoms with Crippen LogP contribution < -0.4 is 15.4 Å². The average molecular weight is 373 g/mol. The Morgan fingerprint density at radius 1 is 1.22 bits per heavy atom. The minimum absolute atomic E-state index is 0.140. The van der Waals surface area contributed by atoms with E-state index in [-0.39, 0.29) is 11.5 Å². The van der Waals surface area contributed by atoms with Crippen LogP contribution in [-0.4, -0.2) is 67.7 Å². The number of rotatable bonds is 4. The number of quaternary nitrogens is 2. The Kier molecular flexibility index (Phi) is 5.45. The van der Waals surface area contributed by atoms with Crippen molar-refractivity contribution in [2.24, 2.45) is 5.92 Å². The lowest BCUT2D eigenvalue weighted by molar-refractivity contribution is -0.905. The number of fused-ring (bicyclic) bond motifs is 4. The molecule has 6 heteroatoms. The molecule has 1 aromatic rings. The van der Waals surface area contributed by atoms with Crippen LogP contribution in [0.25, 0.3) is 0 Å². The molecule has 6 nitrogen and oxygen atoms in total. The van der Waals surface area contributed by atoms with Crippen molar-refractivity contribution in [3.05, 3.63) is 46.4 Å². The molecule has 2 N–H and O–H groups in total. The number of amides is 1. The molecular weight excluding hydrogens is 340 g/mol. The van der Waals surface area contributed by atoms with Gasteiger partial charge in [-0.3, -0.25) is 9.59 Å². The molecule has 2 fully saturated rings. The number of carbonyl (C=O) groups excluding carboxylic acids is 1. The third-order valence-corrected chi connectivity index (χ3v) is 6.62. The van der Waals surface area contributed by atoms with Crippen LogP contribution in [0.1, 0.15) is 25.0 Å². The van der Waals surface area contributed by atoms with E-state index in [0.717, 1.165) is 58.9 Å². The Morgan fingerprint density at radius 3 is 2.81 bits per heavy atom. The normalized spacial score (nSPS) is 28.3. The number of piperidine rings is 1. The topological polar surface area (TPSA) is 51.2 Å². The molecule has 3 aliphatic rings. The van der Waals surface area contributed by atoms with Crippen LogP contribution in [0.3, 0.4) is 0 Å². The number of hydrogen-bond donors (Lipinski definition) is 2. The fourth-order valence-electron chi connectivity index (χ4n) is 5.12. The lowest BCUT2D eigenvalue weighted by Gasteiger charge is -2.40. The third-order valence-electron chi connectivity index (χ3n) is 6.62. The molecule has 0 spiro atoms. The van der Waals surface area contributed by atoms with E-state index in [9.17, 15) is 9.59 Å². The number of aromatic nitrogens is 1. The lowest BCUT2D eigenvalue weighted by atomic mass is 9.83. The summed E-state index contributed by atoms with van der Waals surface area (Å²) in [6.45, 7) is 11.1. The maximum absolute atomic E-state index is 12.4. The zero-order chi connectivity index (χ0) is 18.8. The molecule has 1 aromatic heterocycles. The molecule has 0 aromatic carbocycles. The van der Waals surface area contributed by atoms with Crippen LogP contribution in [0.2, 0.25) is 0 Å². The molecule has 4 rings (SSSR count). The number of nitrogens with zero attached hydrogens (tertiary/aromatic N) is 2. The SMILES string of the molecule is CC[NH+]1CCN(C(=O)/C=C/C[NH+]2C[C@@H]3C[C@H](C2)c2cccc(=O)n2C3)CC1. The van der Waals surface area contributed by atoms with E-state index in [1.54, 1.807) is 17.0 Å². The smallest absolute Gasteiger partial charge is 0.250 e. The molecule has 3 atom stereocenters. The molecular formula is C21H32N4O2+2. The number of nitrogens with one attached hydrogen (secondary N) is 2. The minimum Gasteiger partial charge on any atom is -0.332 e. The van der Waals surface area contributed by atoms with Crippen molar-refractivity contribution < 1.29 is 14.6 Å². The van der Waals surface area contributed by atoms with Crippen LogP contribution >= 0.6 is 0 Å². The van der Waals surface area contributed by atoms with E-state index >= 15 is 0 Å². The Bertz CT molecular complexity index is 764. The summed E-state index contributed by atoms with van der Waals surface area (Å²) >= 11 is 0. The van der Waals surface area contributed by atoms with Gasteiger partial charge in [-0.15, -0.1) is 0 Å². The van der Waals surface area contributed by atoms with Crippen molar-refractivity contribution in [2.75, 3.05) is 52.4 Å². The molecule has 2 saturated heterocycles. The summed E-state index contributed by atoms with van der Waals surface area (Å²) in [5, 5.41) is 0. The van der Waals surface area contributed by atoms with Gasteiger partial charge < -0.3 is 19.3 Å². The van der Waals surface area contributed by atoms with Gasteiger partial charge in [-0.2, -0.15) is 0 Å². The molecule has 0 saturated carbocycles. The molecule has 27 heavy (non-hydrogen) atoms. The highest BCUT2D eigenvalue weighted by Crippen LogP contribution is 2.29. The fourth-order valence-corrected chi connectivity index (χ4v) is 5.12. The van der Waals surface area contributed by atoms with Gasteiger partial charge in [-0.1, -0.05) is 6.07 Å². The monoisotopic (exact) mass is 372 g/mol. The van der Waals surface area contributed by atoms with E-state index in [1.165, 1.54) is 17.0 Å². The lowest BCUT2D eigenvalue weighted by Crippen LogP contribution is -3.14. The van der Waals surface area contributed by atoms with Crippen LogP contribution in [0.15, 0.2) is 35.1 Å². The zero-order valence-corrected chi connectivity index (χ0v) is 16.3. The van der Waals surface area contributed by atoms with Gasteiger partial charge in [-0.05, 0) is 25.5 Å². The van der Waals surface area contributed by atoms with Crippen molar-refractivity contribution in [1.29, 1.82) is 0 Å². The van der Waals surface area contributed by atoms with Gasteiger partial charge in [-0.25, -0.2) is 0 Å². The van der Waals surface area contributed by atoms with Gasteiger partial charge in [0.25, 0.3) is 5.56 Å². The van der Waals surface area contributed by atoms with Crippen LogP contribution in [0.4, 0.5) is 0 Å². The van der Waals surface area contributed by atoms with E-state index in [4.69, 9.17) is 0 Å². The number of carbonyl (C=O) groups is 1. The second-order valence-corrected chi connectivity index (χ2v) is 8.39. The Morgan fingerprint density at radius 2 is 2.04 bits per heavy atom. The molecule has 4 heterocycles. The summed E-state index contributed by atoms with van der Waals surface area (Å²) in [5.74, 6) is 1.20. The molecule has 0 aliphatic carbocycles. The van der Waals surface area contributed by atoms with Gasteiger partial charge in [0.2, 0.25) is 5.91 Å². The summed E-state index contributed by atoms with van der Waals surface area (Å²) in [4.78, 5) is 29.6. The summed E-state index contributed by atoms with van der Waals surface area (Å²) < 4.78 is 1.98. The van der Waals surface area contributed by atoms with E-state index < -0.39 is 0 Å². The molecule has 146 valence electrons. The Balaban J connectivity index is 1.32. The number of hydrogen-bond acceptors (Lipinski definition) is 2. The average Bonchev–Trinajstić information content (AvgIpc) is 2.69. The predicted octanol–water partition coefficient (Wildman–Crippen LogP) is -1.85. The standard InChI is InChI=1S/C21H30N4O2/c1-2-22-9-11-24(12-10-22)20(26)7-4-8-23-14-17-13-18(16-23)19-5-3-6-21(27)25(19)15-17/h3-7,17-18H,2,8-16H2,1H3/p+2/b7-4+/t17-,18+/m0/s1. The van der Waals surface area contributed by atoms with E-state index in [0.29, 0.717) is 11.8 Å². The molecule has 1 amide bonds. The van der Waals surface area contributed by atoms with Gasteiger partial charge in [0.05, 0.1) is 52.4 Å². The summed E-state index contributed by atoms with van der Waals surface area (Å²) in [7, 11) is 0. The number of likely N-dealkylation sites (tertiary alicyclic amines) is 1. The fraction of sp³-hybridized carbons (Fsp3) is 0.619. The largest absolute Gasteiger partial charge is 0.332 e. The summed E-state index contributed by atoms with van der Waals surface area (Å²) in [5.41, 5.74) is 1.34. The van der Waals surface area contributed by atoms with Gasteiger partial charge >= 0.3 is 0 Å². The molecule has 0 radical (unpaired) electrons. The van der Waals surface area contributed by atoms with E-state index in [1.807, 2.05) is 15.5 Å². The second-order valence-electron chi connectivity index (χ2n) is 8.39. The van der Waals surface area contributed by atoms with Crippen molar-refractivity contribution in [3.8, 4) is 0 Å². The molecule has 2 bridgehead atoms. The first kappa shape index (κ1) is 18.4. The minimum atomic E-state index is 0.140.